The molecular formula is C17H18N6O3S. The first-order chi connectivity index (χ1) is 13.0. The summed E-state index contributed by atoms with van der Waals surface area (Å²) in [4.78, 5) is 12.7. The van der Waals surface area contributed by atoms with Gasteiger partial charge in [0.25, 0.3) is 5.69 Å². The van der Waals surface area contributed by atoms with E-state index in [0.29, 0.717) is 30.7 Å². The molecule has 2 aromatic heterocycles. The van der Waals surface area contributed by atoms with Crippen molar-refractivity contribution in [1.29, 1.82) is 0 Å². The molecule has 0 bridgehead atoms. The van der Waals surface area contributed by atoms with Gasteiger partial charge in [0.15, 0.2) is 4.77 Å². The van der Waals surface area contributed by atoms with Crippen molar-refractivity contribution in [3.63, 3.8) is 0 Å². The van der Waals surface area contributed by atoms with Gasteiger partial charge in [-0.3, -0.25) is 15.0 Å². The Labute approximate surface area is 160 Å². The Bertz CT molecular complexity index is 1040. The van der Waals surface area contributed by atoms with E-state index in [1.165, 1.54) is 12.1 Å². The zero-order valence-electron chi connectivity index (χ0n) is 14.7. The number of nitro benzene ring substituents is 1. The number of aryl methyl sites for hydroxylation is 1. The maximum Gasteiger partial charge on any atom is 0.270 e. The summed E-state index contributed by atoms with van der Waals surface area (Å²) >= 11 is 5.41. The van der Waals surface area contributed by atoms with Crippen LogP contribution in [0.4, 0.5) is 5.69 Å². The van der Waals surface area contributed by atoms with Crippen LogP contribution in [0, 0.1) is 14.9 Å². The van der Waals surface area contributed by atoms with E-state index >= 15 is 0 Å². The third-order valence-corrected chi connectivity index (χ3v) is 5.05. The van der Waals surface area contributed by atoms with Crippen molar-refractivity contribution in [2.45, 2.75) is 32.1 Å². The Balaban J connectivity index is 1.52. The highest BCUT2D eigenvalue weighted by molar-refractivity contribution is 7.71. The molecule has 0 N–H and O–H groups in total. The van der Waals surface area contributed by atoms with Crippen molar-refractivity contribution in [3.05, 3.63) is 57.4 Å². The van der Waals surface area contributed by atoms with Gasteiger partial charge in [0.05, 0.1) is 18.1 Å². The summed E-state index contributed by atoms with van der Waals surface area (Å²) in [6.45, 7) is 1.15. The predicted molar refractivity (Wildman–Crippen MR) is 99.2 cm³/mol. The number of nitrogens with zero attached hydrogens (tertiary/aromatic N) is 6. The van der Waals surface area contributed by atoms with Crippen molar-refractivity contribution in [2.75, 3.05) is 0 Å². The molecule has 0 spiro atoms. The van der Waals surface area contributed by atoms with Crippen molar-refractivity contribution >= 4 is 17.9 Å². The first kappa shape index (κ1) is 17.6. The lowest BCUT2D eigenvalue weighted by Gasteiger charge is -2.20. The maximum absolute atomic E-state index is 10.9. The number of nitro groups is 1. The highest BCUT2D eigenvalue weighted by Crippen LogP contribution is 2.29. The molecule has 1 saturated carbocycles. The number of aromatic nitrogens is 4. The molecule has 0 radical (unpaired) electrons. The normalized spacial score (nSPS) is 14.0. The first-order valence-electron chi connectivity index (χ1n) is 8.54. The van der Waals surface area contributed by atoms with Crippen LogP contribution in [-0.2, 0) is 20.3 Å². The summed E-state index contributed by atoms with van der Waals surface area (Å²) in [6, 6.07) is 6.65. The number of benzene rings is 1. The van der Waals surface area contributed by atoms with Gasteiger partial charge in [0, 0.05) is 43.2 Å². The van der Waals surface area contributed by atoms with E-state index < -0.39 is 4.92 Å². The fourth-order valence-corrected chi connectivity index (χ4v) is 3.09. The molecule has 0 unspecified atom stereocenters. The molecule has 3 aromatic rings. The SMILES string of the molecule is Cn1ccn(CN(Cc2nnc(-c3cccc([N+](=O)[O-])c3)o2)C2CC2)c1=S. The summed E-state index contributed by atoms with van der Waals surface area (Å²) in [5.41, 5.74) is 0.525. The molecule has 1 aromatic carbocycles. The molecule has 140 valence electrons. The largest absolute Gasteiger partial charge is 0.419 e. The molecular weight excluding hydrogens is 368 g/mol. The van der Waals surface area contributed by atoms with Crippen LogP contribution in [0.3, 0.4) is 0 Å². The van der Waals surface area contributed by atoms with E-state index in [1.807, 2.05) is 28.6 Å². The lowest BCUT2D eigenvalue weighted by atomic mass is 10.2. The van der Waals surface area contributed by atoms with Crippen molar-refractivity contribution in [1.82, 2.24) is 24.2 Å². The van der Waals surface area contributed by atoms with E-state index in [9.17, 15) is 10.1 Å². The third-order valence-electron chi connectivity index (χ3n) is 4.52. The van der Waals surface area contributed by atoms with Crippen LogP contribution in [0.15, 0.2) is 41.1 Å². The molecule has 4 rings (SSSR count). The van der Waals surface area contributed by atoms with E-state index in [2.05, 4.69) is 15.1 Å². The van der Waals surface area contributed by atoms with Gasteiger partial charge in [0.1, 0.15) is 0 Å². The smallest absolute Gasteiger partial charge is 0.270 e. The summed E-state index contributed by atoms with van der Waals surface area (Å²) < 4.78 is 10.4. The van der Waals surface area contributed by atoms with Gasteiger partial charge in [-0.2, -0.15) is 0 Å². The van der Waals surface area contributed by atoms with Gasteiger partial charge in [0.2, 0.25) is 11.8 Å². The zero-order chi connectivity index (χ0) is 19.0. The van der Waals surface area contributed by atoms with Gasteiger partial charge in [-0.1, -0.05) is 6.07 Å². The number of hydrogen-bond acceptors (Lipinski definition) is 7. The van der Waals surface area contributed by atoms with Gasteiger partial charge in [-0.15, -0.1) is 10.2 Å². The first-order valence-corrected chi connectivity index (χ1v) is 8.95. The quantitative estimate of drug-likeness (QED) is 0.350. The molecule has 1 fully saturated rings. The van der Waals surface area contributed by atoms with Crippen LogP contribution in [0.1, 0.15) is 18.7 Å². The highest BCUT2D eigenvalue weighted by atomic mass is 32.1. The van der Waals surface area contributed by atoms with Gasteiger partial charge < -0.3 is 13.6 Å². The molecule has 0 aliphatic heterocycles. The summed E-state index contributed by atoms with van der Waals surface area (Å²) in [6.07, 6.45) is 6.15. The van der Waals surface area contributed by atoms with E-state index in [4.69, 9.17) is 16.6 Å². The monoisotopic (exact) mass is 386 g/mol. The maximum atomic E-state index is 10.9. The molecule has 10 heteroatoms. The van der Waals surface area contributed by atoms with Crippen molar-refractivity contribution in [2.24, 2.45) is 7.05 Å². The molecule has 27 heavy (non-hydrogen) atoms. The topological polar surface area (TPSA) is 95.2 Å². The molecule has 1 aliphatic carbocycles. The van der Waals surface area contributed by atoms with Gasteiger partial charge in [-0.25, -0.2) is 0 Å². The van der Waals surface area contributed by atoms with Crippen LogP contribution in [0.5, 0.6) is 0 Å². The Kier molecular flexibility index (Phi) is 4.58. The minimum absolute atomic E-state index is 0.00897. The fraction of sp³-hybridized carbons (Fsp3) is 0.353. The average Bonchev–Trinajstić information content (AvgIpc) is 3.34. The van der Waals surface area contributed by atoms with Crippen LogP contribution < -0.4 is 0 Å². The molecule has 0 atom stereocenters. The summed E-state index contributed by atoms with van der Waals surface area (Å²) in [5, 5.41) is 19.1. The minimum Gasteiger partial charge on any atom is -0.419 e. The van der Waals surface area contributed by atoms with Crippen molar-refractivity contribution in [3.8, 4) is 11.5 Å². The second-order valence-electron chi connectivity index (χ2n) is 6.59. The number of non-ortho nitro benzene ring substituents is 1. The van der Waals surface area contributed by atoms with E-state index in [-0.39, 0.29) is 11.6 Å². The second-order valence-corrected chi connectivity index (χ2v) is 6.95. The number of imidazole rings is 1. The summed E-state index contributed by atoms with van der Waals surface area (Å²) in [5.74, 6) is 0.756. The van der Waals surface area contributed by atoms with Gasteiger partial charge in [-0.05, 0) is 31.1 Å². The number of hydrogen-bond donors (Lipinski definition) is 0. The van der Waals surface area contributed by atoms with Crippen LogP contribution >= 0.6 is 12.2 Å². The Morgan fingerprint density at radius 2 is 2.19 bits per heavy atom. The molecule has 0 amide bonds. The number of rotatable bonds is 7. The second kappa shape index (κ2) is 7.05. The molecule has 1 aliphatic rings. The van der Waals surface area contributed by atoms with Crippen molar-refractivity contribution < 1.29 is 9.34 Å². The highest BCUT2D eigenvalue weighted by Gasteiger charge is 2.30. The Morgan fingerprint density at radius 1 is 1.37 bits per heavy atom. The van der Waals surface area contributed by atoms with E-state index in [1.54, 1.807) is 12.1 Å². The summed E-state index contributed by atoms with van der Waals surface area (Å²) in [7, 11) is 1.92. The molecule has 0 saturated heterocycles. The molecule has 9 nitrogen and oxygen atoms in total. The zero-order valence-corrected chi connectivity index (χ0v) is 15.5. The predicted octanol–water partition coefficient (Wildman–Crippen LogP) is 3.14. The van der Waals surface area contributed by atoms with E-state index in [0.717, 1.165) is 17.6 Å². The minimum atomic E-state index is -0.445. The Hall–Kier alpha value is -2.85. The third kappa shape index (κ3) is 3.81. The molecule has 2 heterocycles. The lowest BCUT2D eigenvalue weighted by molar-refractivity contribution is -0.384. The van der Waals surface area contributed by atoms with Crippen LogP contribution in [0.2, 0.25) is 0 Å². The fourth-order valence-electron chi connectivity index (χ4n) is 2.91. The van der Waals surface area contributed by atoms with Crippen LogP contribution in [0.25, 0.3) is 11.5 Å². The Morgan fingerprint density at radius 3 is 2.85 bits per heavy atom. The van der Waals surface area contributed by atoms with Crippen LogP contribution in [-0.4, -0.2) is 35.2 Å². The average molecular weight is 386 g/mol. The van der Waals surface area contributed by atoms with Gasteiger partial charge >= 0.3 is 0 Å². The standard InChI is InChI=1S/C17H18N6O3S/c1-20-7-8-21(17(20)27)11-22(13-5-6-13)10-15-18-19-16(26-15)12-3-2-4-14(9-12)23(24)25/h2-4,7-9,13H,5-6,10-11H2,1H3. The lowest BCUT2D eigenvalue weighted by Crippen LogP contribution is -2.28.